The molecule has 1 N–H and O–H groups in total. The maximum Gasteiger partial charge on any atom is 0.194 e. The van der Waals surface area contributed by atoms with E-state index in [-0.39, 0.29) is 0 Å². The molecule has 2 aliphatic rings. The fraction of sp³-hybridized carbons (Fsp3) is 0.591. The quantitative estimate of drug-likeness (QED) is 0.598. The third-order valence-corrected chi connectivity index (χ3v) is 5.95. The van der Waals surface area contributed by atoms with Crippen LogP contribution in [0.1, 0.15) is 36.9 Å². The third-order valence-electron chi connectivity index (χ3n) is 5.95. The van der Waals surface area contributed by atoms with Gasteiger partial charge in [-0.3, -0.25) is 9.89 Å². The first kappa shape index (κ1) is 20.7. The molecule has 30 heavy (non-hydrogen) atoms. The molecule has 4 rings (SSSR count). The maximum absolute atomic E-state index is 4.93. The van der Waals surface area contributed by atoms with Crippen molar-refractivity contribution in [1.82, 2.24) is 25.3 Å². The minimum Gasteiger partial charge on any atom is -0.364 e. The molecule has 2 fully saturated rings. The minimum absolute atomic E-state index is 0.735. The molecule has 8 nitrogen and oxygen atoms in total. The van der Waals surface area contributed by atoms with Crippen LogP contribution in [0.5, 0.6) is 0 Å². The molecule has 8 heteroatoms. The lowest BCUT2D eigenvalue weighted by Crippen LogP contribution is -2.52. The van der Waals surface area contributed by atoms with Gasteiger partial charge in [-0.2, -0.15) is 0 Å². The van der Waals surface area contributed by atoms with Gasteiger partial charge in [0.1, 0.15) is 12.1 Å². The number of aromatic nitrogens is 2. The number of hydrogen-bond acceptors (Lipinski definition) is 6. The van der Waals surface area contributed by atoms with E-state index in [2.05, 4.69) is 42.3 Å². The number of rotatable bonds is 5. The molecule has 2 aliphatic heterocycles. The van der Waals surface area contributed by atoms with Gasteiger partial charge in [-0.15, -0.1) is 0 Å². The highest BCUT2D eigenvalue weighted by Gasteiger charge is 2.20. The van der Waals surface area contributed by atoms with E-state index in [0.29, 0.717) is 0 Å². The summed E-state index contributed by atoms with van der Waals surface area (Å²) < 4.78 is 4.93. The number of guanidine groups is 1. The van der Waals surface area contributed by atoms with E-state index in [4.69, 9.17) is 9.51 Å². The number of hydrogen-bond donors (Lipinski definition) is 1. The Kier molecular flexibility index (Phi) is 7.18. The molecule has 2 aromatic heterocycles. The van der Waals surface area contributed by atoms with E-state index >= 15 is 0 Å². The summed E-state index contributed by atoms with van der Waals surface area (Å²) in [6.07, 6.45) is 8.85. The van der Waals surface area contributed by atoms with Crippen LogP contribution < -0.4 is 10.2 Å². The van der Waals surface area contributed by atoms with Crippen molar-refractivity contribution < 1.29 is 4.52 Å². The zero-order chi connectivity index (χ0) is 20.6. The summed E-state index contributed by atoms with van der Waals surface area (Å²) in [6.45, 7) is 7.69. The molecule has 0 aliphatic carbocycles. The second-order valence-electron chi connectivity index (χ2n) is 8.08. The molecule has 162 valence electrons. The lowest BCUT2D eigenvalue weighted by molar-refractivity contribution is 0.169. The van der Waals surface area contributed by atoms with Crippen LogP contribution in [0.2, 0.25) is 0 Å². The van der Waals surface area contributed by atoms with Crippen molar-refractivity contribution in [2.24, 2.45) is 4.99 Å². The van der Waals surface area contributed by atoms with Crippen LogP contribution in [0, 0.1) is 0 Å². The number of anilines is 1. The van der Waals surface area contributed by atoms with E-state index in [1.165, 1.54) is 31.2 Å². The highest BCUT2D eigenvalue weighted by molar-refractivity contribution is 5.80. The van der Waals surface area contributed by atoms with Crippen molar-refractivity contribution >= 4 is 11.8 Å². The number of pyridine rings is 1. The Morgan fingerprint density at radius 1 is 1.03 bits per heavy atom. The van der Waals surface area contributed by atoms with E-state index in [0.717, 1.165) is 69.8 Å². The zero-order valence-corrected chi connectivity index (χ0v) is 18.0. The number of piperazine rings is 1. The van der Waals surface area contributed by atoms with Crippen molar-refractivity contribution in [2.45, 2.75) is 38.8 Å². The molecule has 0 unspecified atom stereocenters. The van der Waals surface area contributed by atoms with Gasteiger partial charge in [0.2, 0.25) is 0 Å². The zero-order valence-electron chi connectivity index (χ0n) is 18.0. The van der Waals surface area contributed by atoms with Gasteiger partial charge in [0.25, 0.3) is 0 Å². The smallest absolute Gasteiger partial charge is 0.194 e. The Hall–Kier alpha value is -2.61. The summed E-state index contributed by atoms with van der Waals surface area (Å²) in [5, 5.41) is 7.51. The van der Waals surface area contributed by atoms with Crippen LogP contribution >= 0.6 is 0 Å². The largest absolute Gasteiger partial charge is 0.364 e. The summed E-state index contributed by atoms with van der Waals surface area (Å²) in [5.74, 6) is 2.06. The first-order valence-corrected chi connectivity index (χ1v) is 11.1. The monoisotopic (exact) mass is 411 g/mol. The Balaban J connectivity index is 1.24. The van der Waals surface area contributed by atoms with Crippen LogP contribution in [0.15, 0.2) is 40.2 Å². The van der Waals surface area contributed by atoms with Crippen molar-refractivity contribution in [2.75, 3.05) is 51.2 Å². The van der Waals surface area contributed by atoms with E-state index < -0.39 is 0 Å². The van der Waals surface area contributed by atoms with Gasteiger partial charge in [-0.25, -0.2) is 4.98 Å². The van der Waals surface area contributed by atoms with Gasteiger partial charge in [0.15, 0.2) is 5.96 Å². The summed E-state index contributed by atoms with van der Waals surface area (Å²) in [4.78, 5) is 16.3. The molecule has 2 saturated heterocycles. The predicted molar refractivity (Wildman–Crippen MR) is 118 cm³/mol. The van der Waals surface area contributed by atoms with E-state index in [1.54, 1.807) is 6.26 Å². The molecule has 0 atom stereocenters. The summed E-state index contributed by atoms with van der Waals surface area (Å²) in [7, 11) is 1.85. The van der Waals surface area contributed by atoms with Gasteiger partial charge in [-0.05, 0) is 24.5 Å². The van der Waals surface area contributed by atoms with Gasteiger partial charge in [0, 0.05) is 71.7 Å². The fourth-order valence-corrected chi connectivity index (χ4v) is 4.19. The molecule has 2 aromatic rings. The number of nitrogens with one attached hydrogen (secondary N) is 1. The average Bonchev–Trinajstić information content (AvgIpc) is 3.15. The lowest BCUT2D eigenvalue weighted by Gasteiger charge is -2.36. The Labute approximate surface area is 178 Å². The topological polar surface area (TPSA) is 73.0 Å². The summed E-state index contributed by atoms with van der Waals surface area (Å²) >= 11 is 0. The second kappa shape index (κ2) is 10.4. The van der Waals surface area contributed by atoms with Crippen molar-refractivity contribution in [3.8, 4) is 0 Å². The Bertz CT molecular complexity index is 774. The predicted octanol–water partition coefficient (Wildman–Crippen LogP) is 2.34. The molecule has 0 spiro atoms. The molecule has 4 heterocycles. The standard InChI is InChI=1S/C22H33N7O/c1-23-22(29-13-11-27(12-14-29)18-20-8-15-30-26-20)25-17-19-6-7-21(24-16-19)28-9-4-2-3-5-10-28/h6-8,15-16H,2-5,9-14,17-18H2,1H3,(H,23,25). The van der Waals surface area contributed by atoms with Gasteiger partial charge in [0.05, 0.1) is 5.69 Å². The van der Waals surface area contributed by atoms with Crippen LogP contribution in [-0.4, -0.2) is 72.2 Å². The summed E-state index contributed by atoms with van der Waals surface area (Å²) in [6, 6.07) is 6.27. The first-order chi connectivity index (χ1) is 14.8. The van der Waals surface area contributed by atoms with E-state index in [9.17, 15) is 0 Å². The van der Waals surface area contributed by atoms with Gasteiger partial charge < -0.3 is 19.6 Å². The van der Waals surface area contributed by atoms with Gasteiger partial charge in [-0.1, -0.05) is 24.1 Å². The molecular weight excluding hydrogens is 378 g/mol. The normalized spacial score (nSPS) is 19.0. The van der Waals surface area contributed by atoms with E-state index in [1.807, 2.05) is 19.3 Å². The molecular formula is C22H33N7O. The minimum atomic E-state index is 0.735. The highest BCUT2D eigenvalue weighted by atomic mass is 16.5. The molecule has 0 aromatic carbocycles. The van der Waals surface area contributed by atoms with Gasteiger partial charge >= 0.3 is 0 Å². The second-order valence-corrected chi connectivity index (χ2v) is 8.08. The SMILES string of the molecule is CN=C(NCc1ccc(N2CCCCCC2)nc1)N1CCN(Cc2ccon2)CC1. The first-order valence-electron chi connectivity index (χ1n) is 11.1. The Morgan fingerprint density at radius 2 is 1.83 bits per heavy atom. The number of aliphatic imine (C=N–C) groups is 1. The molecule has 0 radical (unpaired) electrons. The average molecular weight is 412 g/mol. The third kappa shape index (κ3) is 5.50. The molecule has 0 saturated carbocycles. The van der Waals surface area contributed by atoms with Crippen LogP contribution in [-0.2, 0) is 13.1 Å². The molecule has 0 amide bonds. The fourth-order valence-electron chi connectivity index (χ4n) is 4.19. The van der Waals surface area contributed by atoms with Crippen molar-refractivity contribution in [1.29, 1.82) is 0 Å². The van der Waals surface area contributed by atoms with Crippen LogP contribution in [0.4, 0.5) is 5.82 Å². The van der Waals surface area contributed by atoms with Crippen molar-refractivity contribution in [3.63, 3.8) is 0 Å². The lowest BCUT2D eigenvalue weighted by atomic mass is 10.2. The number of nitrogens with zero attached hydrogens (tertiary/aromatic N) is 6. The van der Waals surface area contributed by atoms with Crippen LogP contribution in [0.25, 0.3) is 0 Å². The highest BCUT2D eigenvalue weighted by Crippen LogP contribution is 2.17. The van der Waals surface area contributed by atoms with Crippen molar-refractivity contribution in [3.05, 3.63) is 41.9 Å². The maximum atomic E-state index is 4.93. The Morgan fingerprint density at radius 3 is 2.47 bits per heavy atom. The van der Waals surface area contributed by atoms with Crippen LogP contribution in [0.3, 0.4) is 0 Å². The molecule has 0 bridgehead atoms. The summed E-state index contributed by atoms with van der Waals surface area (Å²) in [5.41, 5.74) is 2.17.